The number of imide groups is 1. The van der Waals surface area contributed by atoms with E-state index in [9.17, 15) is 14.7 Å². The Morgan fingerprint density at radius 1 is 1.04 bits per heavy atom. The molecule has 1 aliphatic rings. The predicted octanol–water partition coefficient (Wildman–Crippen LogP) is 4.55. The van der Waals surface area contributed by atoms with E-state index in [1.165, 1.54) is 4.90 Å². The van der Waals surface area contributed by atoms with Gasteiger partial charge in [-0.25, -0.2) is 0 Å². The van der Waals surface area contributed by atoms with Gasteiger partial charge in [0.05, 0.1) is 11.4 Å². The monoisotopic (exact) mass is 353 g/mol. The Hall–Kier alpha value is -2.53. The second-order valence-electron chi connectivity index (χ2n) is 6.26. The molecule has 2 aromatic rings. The van der Waals surface area contributed by atoms with Crippen LogP contribution in [0.2, 0.25) is 0 Å². The number of phenolic OH excluding ortho intramolecular Hbond substituents is 1. The summed E-state index contributed by atoms with van der Waals surface area (Å²) >= 11 is 0.951. The second kappa shape index (κ2) is 6.76. The van der Waals surface area contributed by atoms with Crippen molar-refractivity contribution >= 4 is 29.0 Å². The average molecular weight is 353 g/mol. The van der Waals surface area contributed by atoms with Crippen molar-refractivity contribution in [3.8, 4) is 5.75 Å². The Bertz CT molecular complexity index is 861. The molecule has 1 heterocycles. The largest absolute Gasteiger partial charge is 0.507 e. The van der Waals surface area contributed by atoms with Gasteiger partial charge in [-0.1, -0.05) is 29.8 Å². The van der Waals surface area contributed by atoms with Crippen LogP contribution < -0.4 is 0 Å². The molecule has 128 valence electrons. The summed E-state index contributed by atoms with van der Waals surface area (Å²) in [6.45, 7) is 5.88. The third-order valence-corrected chi connectivity index (χ3v) is 5.05. The lowest BCUT2D eigenvalue weighted by Crippen LogP contribution is -2.27. The van der Waals surface area contributed by atoms with Crippen molar-refractivity contribution in [3.05, 3.63) is 69.1 Å². The van der Waals surface area contributed by atoms with Gasteiger partial charge in [0, 0.05) is 0 Å². The molecule has 0 spiro atoms. The van der Waals surface area contributed by atoms with Gasteiger partial charge in [-0.3, -0.25) is 14.5 Å². The van der Waals surface area contributed by atoms with Crippen molar-refractivity contribution in [2.75, 3.05) is 0 Å². The topological polar surface area (TPSA) is 57.6 Å². The van der Waals surface area contributed by atoms with Crippen LogP contribution in [-0.4, -0.2) is 21.2 Å². The summed E-state index contributed by atoms with van der Waals surface area (Å²) in [7, 11) is 0. The van der Waals surface area contributed by atoms with Crippen molar-refractivity contribution in [2.45, 2.75) is 27.3 Å². The van der Waals surface area contributed by atoms with E-state index in [1.54, 1.807) is 18.2 Å². The summed E-state index contributed by atoms with van der Waals surface area (Å²) in [6.07, 6.45) is 1.71. The molecule has 5 heteroatoms. The molecular weight excluding hydrogens is 334 g/mol. The number of carbonyl (C=O) groups is 2. The minimum absolute atomic E-state index is 0.254. The molecule has 0 saturated carbocycles. The number of benzene rings is 2. The standard InChI is InChI=1S/C20H19NO3S/c1-12-4-6-15(7-5-12)11-21-19(23)17(25-20(21)24)10-16-8-13(2)18(22)14(3)9-16/h4-10,22H,11H2,1-3H3. The number of aryl methyl sites for hydroxylation is 3. The molecule has 2 amide bonds. The molecule has 4 nitrogen and oxygen atoms in total. The number of nitrogens with zero attached hydrogens (tertiary/aromatic N) is 1. The molecule has 1 aliphatic heterocycles. The van der Waals surface area contributed by atoms with Gasteiger partial charge in [-0.05, 0) is 73.0 Å². The number of hydrogen-bond acceptors (Lipinski definition) is 4. The molecule has 0 unspecified atom stereocenters. The van der Waals surface area contributed by atoms with Crippen molar-refractivity contribution < 1.29 is 14.7 Å². The van der Waals surface area contributed by atoms with Crippen LogP contribution in [0.3, 0.4) is 0 Å². The van der Waals surface area contributed by atoms with Crippen LogP contribution in [0.15, 0.2) is 41.3 Å². The summed E-state index contributed by atoms with van der Waals surface area (Å²) in [5.41, 5.74) is 4.34. The third kappa shape index (κ3) is 3.61. The Kier molecular flexibility index (Phi) is 4.68. The summed E-state index contributed by atoms with van der Waals surface area (Å²) in [4.78, 5) is 26.5. The van der Waals surface area contributed by atoms with E-state index < -0.39 is 0 Å². The first-order chi connectivity index (χ1) is 11.8. The average Bonchev–Trinajstić information content (AvgIpc) is 2.82. The lowest BCUT2D eigenvalue weighted by Gasteiger charge is -2.12. The van der Waals surface area contributed by atoms with Gasteiger partial charge in [0.15, 0.2) is 0 Å². The fourth-order valence-corrected chi connectivity index (χ4v) is 3.57. The van der Waals surface area contributed by atoms with Gasteiger partial charge in [-0.15, -0.1) is 0 Å². The third-order valence-electron chi connectivity index (χ3n) is 4.15. The predicted molar refractivity (Wildman–Crippen MR) is 100 cm³/mol. The van der Waals surface area contributed by atoms with Gasteiger partial charge >= 0.3 is 0 Å². The SMILES string of the molecule is Cc1ccc(CN2C(=O)SC(=Cc3cc(C)c(O)c(C)c3)C2=O)cc1. The van der Waals surface area contributed by atoms with Crippen molar-refractivity contribution in [3.63, 3.8) is 0 Å². The van der Waals surface area contributed by atoms with Crippen LogP contribution in [-0.2, 0) is 11.3 Å². The first-order valence-electron chi connectivity index (χ1n) is 7.96. The fourth-order valence-electron chi connectivity index (χ4n) is 2.74. The van der Waals surface area contributed by atoms with E-state index in [0.717, 1.165) is 39.6 Å². The van der Waals surface area contributed by atoms with Gasteiger partial charge < -0.3 is 5.11 Å². The zero-order valence-corrected chi connectivity index (χ0v) is 15.2. The molecule has 1 fully saturated rings. The fraction of sp³-hybridized carbons (Fsp3) is 0.200. The van der Waals surface area contributed by atoms with E-state index in [4.69, 9.17) is 0 Å². The highest BCUT2D eigenvalue weighted by atomic mass is 32.2. The van der Waals surface area contributed by atoms with Gasteiger partial charge in [0.25, 0.3) is 11.1 Å². The molecule has 0 atom stereocenters. The molecular formula is C20H19NO3S. The van der Waals surface area contributed by atoms with E-state index in [0.29, 0.717) is 4.91 Å². The molecule has 0 aliphatic carbocycles. The highest BCUT2D eigenvalue weighted by Crippen LogP contribution is 2.34. The molecule has 2 aromatic carbocycles. The number of amides is 2. The molecule has 0 aromatic heterocycles. The van der Waals surface area contributed by atoms with Crippen LogP contribution in [0.25, 0.3) is 6.08 Å². The number of thioether (sulfide) groups is 1. The van der Waals surface area contributed by atoms with Crippen LogP contribution >= 0.6 is 11.8 Å². The van der Waals surface area contributed by atoms with Crippen molar-refractivity contribution in [2.24, 2.45) is 0 Å². The number of carbonyl (C=O) groups excluding carboxylic acids is 2. The highest BCUT2D eigenvalue weighted by molar-refractivity contribution is 8.18. The molecule has 1 N–H and O–H groups in total. The maximum absolute atomic E-state index is 12.6. The Balaban J connectivity index is 1.84. The zero-order valence-electron chi connectivity index (χ0n) is 14.4. The smallest absolute Gasteiger partial charge is 0.293 e. The minimum Gasteiger partial charge on any atom is -0.507 e. The molecule has 0 radical (unpaired) electrons. The first kappa shape index (κ1) is 17.3. The highest BCUT2D eigenvalue weighted by Gasteiger charge is 2.34. The summed E-state index contributed by atoms with van der Waals surface area (Å²) < 4.78 is 0. The quantitative estimate of drug-likeness (QED) is 0.822. The van der Waals surface area contributed by atoms with Gasteiger partial charge in [-0.2, -0.15) is 0 Å². The van der Waals surface area contributed by atoms with Crippen LogP contribution in [0.4, 0.5) is 4.79 Å². The minimum atomic E-state index is -0.279. The Labute approximate surface area is 151 Å². The van der Waals surface area contributed by atoms with Gasteiger partial charge in [0.1, 0.15) is 5.75 Å². The molecule has 3 rings (SSSR count). The van der Waals surface area contributed by atoms with Gasteiger partial charge in [0.2, 0.25) is 0 Å². The number of rotatable bonds is 3. The first-order valence-corrected chi connectivity index (χ1v) is 8.78. The normalized spacial score (nSPS) is 16.1. The summed E-state index contributed by atoms with van der Waals surface area (Å²) in [6, 6.07) is 11.4. The Morgan fingerprint density at radius 3 is 2.24 bits per heavy atom. The maximum Gasteiger partial charge on any atom is 0.293 e. The van der Waals surface area contributed by atoms with Crippen molar-refractivity contribution in [1.29, 1.82) is 0 Å². The lowest BCUT2D eigenvalue weighted by molar-refractivity contribution is -0.123. The van der Waals surface area contributed by atoms with E-state index in [1.807, 2.05) is 45.0 Å². The van der Waals surface area contributed by atoms with Crippen LogP contribution in [0.1, 0.15) is 27.8 Å². The second-order valence-corrected chi connectivity index (χ2v) is 7.25. The van der Waals surface area contributed by atoms with E-state index >= 15 is 0 Å². The number of aromatic hydroxyl groups is 1. The zero-order chi connectivity index (χ0) is 18.1. The number of phenols is 1. The van der Waals surface area contributed by atoms with Crippen LogP contribution in [0, 0.1) is 20.8 Å². The molecule has 25 heavy (non-hydrogen) atoms. The van der Waals surface area contributed by atoms with E-state index in [-0.39, 0.29) is 23.4 Å². The summed E-state index contributed by atoms with van der Waals surface area (Å²) in [5.74, 6) is -0.0245. The van der Waals surface area contributed by atoms with E-state index in [2.05, 4.69) is 0 Å². The molecule has 0 bridgehead atoms. The Morgan fingerprint density at radius 2 is 1.64 bits per heavy atom. The summed E-state index contributed by atoms with van der Waals surface area (Å²) in [5, 5.41) is 9.60. The lowest BCUT2D eigenvalue weighted by atomic mass is 10.1. The molecule has 1 saturated heterocycles. The van der Waals surface area contributed by atoms with Crippen LogP contribution in [0.5, 0.6) is 5.75 Å². The van der Waals surface area contributed by atoms with Crippen molar-refractivity contribution in [1.82, 2.24) is 4.90 Å². The number of hydrogen-bond donors (Lipinski definition) is 1. The maximum atomic E-state index is 12.6.